The Balaban J connectivity index is 2.38. The zero-order valence-corrected chi connectivity index (χ0v) is 9.53. The smallest absolute Gasteiger partial charge is 0.120 e. The van der Waals surface area contributed by atoms with Gasteiger partial charge in [0, 0.05) is 12.7 Å². The van der Waals surface area contributed by atoms with Crippen molar-refractivity contribution in [1.29, 1.82) is 5.26 Å². The molecule has 0 aliphatic rings. The maximum absolute atomic E-state index is 8.85. The highest BCUT2D eigenvalue weighted by molar-refractivity contribution is 5.21. The Kier molecular flexibility index (Phi) is 4.92. The maximum atomic E-state index is 8.85. The molecule has 1 aromatic heterocycles. The molecule has 82 valence electrons. The minimum absolute atomic E-state index is 0.552. The molecule has 1 atom stereocenters. The van der Waals surface area contributed by atoms with Crippen LogP contribution in [0.15, 0.2) is 18.3 Å². The molecular weight excluding hydrogens is 186 g/mol. The zero-order chi connectivity index (χ0) is 11.1. The second-order valence-electron chi connectivity index (χ2n) is 3.97. The standard InChI is InChI=1S/C12H19N3/c1-3-6-14-9-11(2)10-15-7-4-5-12(15)8-13/h4-5,7,11,14H,3,6,9-10H2,1-2H3. The summed E-state index contributed by atoms with van der Waals surface area (Å²) in [6, 6.07) is 5.97. The number of hydrogen-bond donors (Lipinski definition) is 1. The summed E-state index contributed by atoms with van der Waals surface area (Å²) in [5, 5.41) is 12.2. The molecule has 15 heavy (non-hydrogen) atoms. The van der Waals surface area contributed by atoms with Crippen LogP contribution in [0.3, 0.4) is 0 Å². The molecule has 3 heteroatoms. The van der Waals surface area contributed by atoms with Crippen molar-refractivity contribution in [2.75, 3.05) is 13.1 Å². The summed E-state index contributed by atoms with van der Waals surface area (Å²) in [6.45, 7) is 7.35. The van der Waals surface area contributed by atoms with E-state index in [0.29, 0.717) is 5.92 Å². The van der Waals surface area contributed by atoms with Crippen LogP contribution in [0, 0.1) is 17.2 Å². The third-order valence-electron chi connectivity index (χ3n) is 2.37. The van der Waals surface area contributed by atoms with E-state index in [2.05, 4.69) is 25.2 Å². The first-order valence-electron chi connectivity index (χ1n) is 5.54. The highest BCUT2D eigenvalue weighted by Crippen LogP contribution is 2.05. The van der Waals surface area contributed by atoms with Gasteiger partial charge in [0.1, 0.15) is 11.8 Å². The molecule has 0 bridgehead atoms. The summed E-state index contributed by atoms with van der Waals surface area (Å²) in [7, 11) is 0. The lowest BCUT2D eigenvalue weighted by Gasteiger charge is -2.13. The van der Waals surface area contributed by atoms with Crippen LogP contribution in [-0.4, -0.2) is 17.7 Å². The predicted octanol–water partition coefficient (Wildman–Crippen LogP) is 2.00. The number of aromatic nitrogens is 1. The summed E-state index contributed by atoms with van der Waals surface area (Å²) in [4.78, 5) is 0. The molecule has 1 rings (SSSR count). The van der Waals surface area contributed by atoms with Crippen LogP contribution in [0.1, 0.15) is 26.0 Å². The third kappa shape index (κ3) is 3.77. The zero-order valence-electron chi connectivity index (χ0n) is 9.53. The van der Waals surface area contributed by atoms with Crippen molar-refractivity contribution in [1.82, 2.24) is 9.88 Å². The average Bonchev–Trinajstić information content (AvgIpc) is 2.65. The Morgan fingerprint density at radius 2 is 2.40 bits per heavy atom. The molecule has 0 aliphatic carbocycles. The average molecular weight is 205 g/mol. The van der Waals surface area contributed by atoms with Gasteiger partial charge in [-0.05, 0) is 37.6 Å². The van der Waals surface area contributed by atoms with Crippen molar-refractivity contribution in [3.8, 4) is 6.07 Å². The van der Waals surface area contributed by atoms with Gasteiger partial charge in [0.05, 0.1) is 0 Å². The highest BCUT2D eigenvalue weighted by atomic mass is 15.0. The third-order valence-corrected chi connectivity index (χ3v) is 2.37. The first-order chi connectivity index (χ1) is 7.27. The second kappa shape index (κ2) is 6.26. The van der Waals surface area contributed by atoms with E-state index in [0.717, 1.165) is 25.3 Å². The normalized spacial score (nSPS) is 12.3. The van der Waals surface area contributed by atoms with Crippen LogP contribution in [0.4, 0.5) is 0 Å². The van der Waals surface area contributed by atoms with Crippen LogP contribution < -0.4 is 5.32 Å². The molecular formula is C12H19N3. The van der Waals surface area contributed by atoms with E-state index < -0.39 is 0 Å². The molecule has 0 radical (unpaired) electrons. The molecule has 1 N–H and O–H groups in total. The Labute approximate surface area is 91.7 Å². The van der Waals surface area contributed by atoms with Gasteiger partial charge < -0.3 is 9.88 Å². The lowest BCUT2D eigenvalue weighted by molar-refractivity contribution is 0.445. The van der Waals surface area contributed by atoms with Crippen LogP contribution in [0.5, 0.6) is 0 Å². The second-order valence-corrected chi connectivity index (χ2v) is 3.97. The summed E-state index contributed by atoms with van der Waals surface area (Å²) < 4.78 is 2.01. The van der Waals surface area contributed by atoms with Crippen molar-refractivity contribution in [2.24, 2.45) is 5.92 Å². The van der Waals surface area contributed by atoms with Crippen LogP contribution >= 0.6 is 0 Å². The van der Waals surface area contributed by atoms with Crippen molar-refractivity contribution in [2.45, 2.75) is 26.8 Å². The molecule has 0 spiro atoms. The molecule has 0 aliphatic heterocycles. The number of nitriles is 1. The van der Waals surface area contributed by atoms with Gasteiger partial charge in [-0.3, -0.25) is 0 Å². The van der Waals surface area contributed by atoms with E-state index >= 15 is 0 Å². The SMILES string of the molecule is CCCNCC(C)Cn1cccc1C#N. The van der Waals surface area contributed by atoms with E-state index in [1.165, 1.54) is 6.42 Å². The van der Waals surface area contributed by atoms with E-state index in [4.69, 9.17) is 5.26 Å². The monoisotopic (exact) mass is 205 g/mol. The van der Waals surface area contributed by atoms with Crippen LogP contribution in [-0.2, 0) is 6.54 Å². The number of nitrogens with one attached hydrogen (secondary N) is 1. The molecule has 0 saturated heterocycles. The van der Waals surface area contributed by atoms with E-state index in [1.807, 2.05) is 22.9 Å². The van der Waals surface area contributed by atoms with Gasteiger partial charge in [-0.25, -0.2) is 0 Å². The fourth-order valence-corrected chi connectivity index (χ4v) is 1.60. The fraction of sp³-hybridized carbons (Fsp3) is 0.583. The van der Waals surface area contributed by atoms with E-state index in [9.17, 15) is 0 Å². The van der Waals surface area contributed by atoms with Crippen molar-refractivity contribution >= 4 is 0 Å². The van der Waals surface area contributed by atoms with Gasteiger partial charge in [-0.2, -0.15) is 5.26 Å². The topological polar surface area (TPSA) is 40.8 Å². The number of hydrogen-bond acceptors (Lipinski definition) is 2. The number of rotatable bonds is 6. The summed E-state index contributed by atoms with van der Waals surface area (Å²) in [6.07, 6.45) is 3.13. The van der Waals surface area contributed by atoms with Crippen LogP contribution in [0.2, 0.25) is 0 Å². The fourth-order valence-electron chi connectivity index (χ4n) is 1.60. The first kappa shape index (κ1) is 11.8. The Morgan fingerprint density at radius 3 is 3.07 bits per heavy atom. The van der Waals surface area contributed by atoms with Crippen molar-refractivity contribution in [3.63, 3.8) is 0 Å². The van der Waals surface area contributed by atoms with Gasteiger partial charge in [0.15, 0.2) is 0 Å². The highest BCUT2D eigenvalue weighted by Gasteiger charge is 2.05. The lowest BCUT2D eigenvalue weighted by Crippen LogP contribution is -2.24. The molecule has 0 amide bonds. The Bertz CT molecular complexity index is 322. The summed E-state index contributed by atoms with van der Waals surface area (Å²) in [5.41, 5.74) is 0.748. The minimum Gasteiger partial charge on any atom is -0.339 e. The van der Waals surface area contributed by atoms with Crippen molar-refractivity contribution in [3.05, 3.63) is 24.0 Å². The Hall–Kier alpha value is -1.27. The molecule has 0 aromatic carbocycles. The number of nitrogens with zero attached hydrogens (tertiary/aromatic N) is 2. The van der Waals surface area contributed by atoms with Gasteiger partial charge in [0.2, 0.25) is 0 Å². The molecule has 1 unspecified atom stereocenters. The predicted molar refractivity (Wildman–Crippen MR) is 61.5 cm³/mol. The molecule has 0 fully saturated rings. The van der Waals surface area contributed by atoms with Crippen LogP contribution in [0.25, 0.3) is 0 Å². The largest absolute Gasteiger partial charge is 0.339 e. The van der Waals surface area contributed by atoms with Gasteiger partial charge in [-0.1, -0.05) is 13.8 Å². The van der Waals surface area contributed by atoms with Crippen molar-refractivity contribution < 1.29 is 0 Å². The quantitative estimate of drug-likeness (QED) is 0.722. The minimum atomic E-state index is 0.552. The molecule has 1 aromatic rings. The van der Waals surface area contributed by atoms with E-state index in [-0.39, 0.29) is 0 Å². The van der Waals surface area contributed by atoms with E-state index in [1.54, 1.807) is 0 Å². The molecule has 1 heterocycles. The van der Waals surface area contributed by atoms with Gasteiger partial charge >= 0.3 is 0 Å². The first-order valence-corrected chi connectivity index (χ1v) is 5.54. The summed E-state index contributed by atoms with van der Waals surface area (Å²) >= 11 is 0. The lowest BCUT2D eigenvalue weighted by atomic mass is 10.2. The van der Waals surface area contributed by atoms with Gasteiger partial charge in [-0.15, -0.1) is 0 Å². The Morgan fingerprint density at radius 1 is 1.60 bits per heavy atom. The molecule has 3 nitrogen and oxygen atoms in total. The van der Waals surface area contributed by atoms with Gasteiger partial charge in [0.25, 0.3) is 0 Å². The summed E-state index contributed by atoms with van der Waals surface area (Å²) in [5.74, 6) is 0.552. The maximum Gasteiger partial charge on any atom is 0.120 e. The molecule has 0 saturated carbocycles.